The lowest BCUT2D eigenvalue weighted by Gasteiger charge is -2.31. The summed E-state index contributed by atoms with van der Waals surface area (Å²) >= 11 is 5.80. The molecule has 1 aliphatic heterocycles. The van der Waals surface area contributed by atoms with E-state index in [2.05, 4.69) is 5.10 Å². The Morgan fingerprint density at radius 3 is 2.35 bits per heavy atom. The standard InChI is InChI=1S/C18H14ClF3N2O2/c19-14-8-6-13(7-9-14)17(26)11-15(18(20,21)22)23-24(17)16(25)10-12-4-2-1-3-5-12/h1-9,26H,10-11H2. The summed E-state index contributed by atoms with van der Waals surface area (Å²) in [7, 11) is 0. The summed E-state index contributed by atoms with van der Waals surface area (Å²) in [6.07, 6.45) is -5.79. The number of benzene rings is 2. The molecule has 1 atom stereocenters. The molecule has 1 N–H and O–H groups in total. The van der Waals surface area contributed by atoms with Gasteiger partial charge in [0.1, 0.15) is 5.71 Å². The van der Waals surface area contributed by atoms with Crippen molar-refractivity contribution in [3.63, 3.8) is 0 Å². The first kappa shape index (κ1) is 18.4. The van der Waals surface area contributed by atoms with Gasteiger partial charge in [-0.05, 0) is 17.7 Å². The second-order valence-corrected chi connectivity index (χ2v) is 6.35. The van der Waals surface area contributed by atoms with Crippen LogP contribution in [0.15, 0.2) is 59.7 Å². The third-order valence-electron chi connectivity index (χ3n) is 4.05. The minimum absolute atomic E-state index is 0.103. The van der Waals surface area contributed by atoms with Gasteiger partial charge in [0.05, 0.1) is 12.8 Å². The maximum atomic E-state index is 13.1. The summed E-state index contributed by atoms with van der Waals surface area (Å²) in [5.74, 6) is -0.743. The van der Waals surface area contributed by atoms with Gasteiger partial charge in [-0.3, -0.25) is 4.79 Å². The van der Waals surface area contributed by atoms with Gasteiger partial charge in [0.2, 0.25) is 5.91 Å². The van der Waals surface area contributed by atoms with Crippen molar-refractivity contribution in [3.05, 3.63) is 70.7 Å². The van der Waals surface area contributed by atoms with Crippen molar-refractivity contribution in [1.29, 1.82) is 0 Å². The summed E-state index contributed by atoms with van der Waals surface area (Å²) in [6, 6.07) is 14.1. The number of hydrogen-bond acceptors (Lipinski definition) is 3. The van der Waals surface area contributed by atoms with Gasteiger partial charge < -0.3 is 5.11 Å². The molecule has 0 radical (unpaired) electrons. The van der Waals surface area contributed by atoms with Crippen LogP contribution in [-0.2, 0) is 16.9 Å². The van der Waals surface area contributed by atoms with E-state index < -0.39 is 29.9 Å². The number of hydrazone groups is 1. The van der Waals surface area contributed by atoms with Crippen molar-refractivity contribution < 1.29 is 23.1 Å². The Labute approximate surface area is 152 Å². The number of nitrogens with zero attached hydrogens (tertiary/aromatic N) is 2. The van der Waals surface area contributed by atoms with Crippen LogP contribution in [0.1, 0.15) is 17.5 Å². The number of carbonyl (C=O) groups is 1. The van der Waals surface area contributed by atoms with Crippen LogP contribution in [0.5, 0.6) is 0 Å². The Morgan fingerprint density at radius 2 is 1.77 bits per heavy atom. The first-order valence-corrected chi connectivity index (χ1v) is 8.08. The average molecular weight is 383 g/mol. The molecular formula is C18H14ClF3N2O2. The smallest absolute Gasteiger partial charge is 0.365 e. The summed E-state index contributed by atoms with van der Waals surface area (Å²) in [6.45, 7) is 0. The van der Waals surface area contributed by atoms with Gasteiger partial charge in [-0.25, -0.2) is 0 Å². The molecule has 0 bridgehead atoms. The van der Waals surface area contributed by atoms with Gasteiger partial charge >= 0.3 is 6.18 Å². The summed E-state index contributed by atoms with van der Waals surface area (Å²) in [5.41, 5.74) is -2.73. The Balaban J connectivity index is 1.97. The van der Waals surface area contributed by atoms with Gasteiger partial charge in [0, 0.05) is 10.6 Å². The molecular weight excluding hydrogens is 369 g/mol. The Hall–Kier alpha value is -2.38. The Kier molecular flexibility index (Phi) is 4.77. The van der Waals surface area contributed by atoms with Crippen LogP contribution in [0.3, 0.4) is 0 Å². The zero-order chi connectivity index (χ0) is 18.9. The van der Waals surface area contributed by atoms with Gasteiger partial charge in [-0.15, -0.1) is 0 Å². The fourth-order valence-electron chi connectivity index (χ4n) is 2.75. The predicted octanol–water partition coefficient (Wildman–Crippen LogP) is 3.88. The van der Waals surface area contributed by atoms with Crippen molar-refractivity contribution in [2.75, 3.05) is 0 Å². The fraction of sp³-hybridized carbons (Fsp3) is 0.222. The number of carbonyl (C=O) groups excluding carboxylic acids is 1. The molecule has 1 heterocycles. The lowest BCUT2D eigenvalue weighted by atomic mass is 9.96. The van der Waals surface area contributed by atoms with Crippen LogP contribution >= 0.6 is 11.6 Å². The van der Waals surface area contributed by atoms with Crippen molar-refractivity contribution in [2.45, 2.75) is 24.7 Å². The van der Waals surface area contributed by atoms with Gasteiger partial charge in [-0.1, -0.05) is 54.1 Å². The molecule has 2 aromatic carbocycles. The van der Waals surface area contributed by atoms with E-state index in [1.807, 2.05) is 0 Å². The van der Waals surface area contributed by atoms with Crippen LogP contribution in [-0.4, -0.2) is 27.9 Å². The van der Waals surface area contributed by atoms with E-state index in [0.717, 1.165) is 0 Å². The second kappa shape index (κ2) is 6.74. The molecule has 1 aliphatic rings. The van der Waals surface area contributed by atoms with Crippen molar-refractivity contribution >= 4 is 23.2 Å². The predicted molar refractivity (Wildman–Crippen MR) is 90.4 cm³/mol. The van der Waals surface area contributed by atoms with E-state index in [1.165, 1.54) is 24.3 Å². The number of alkyl halides is 3. The summed E-state index contributed by atoms with van der Waals surface area (Å²) < 4.78 is 39.4. The van der Waals surface area contributed by atoms with E-state index in [9.17, 15) is 23.1 Å². The molecule has 4 nitrogen and oxygen atoms in total. The SMILES string of the molecule is O=C(Cc1ccccc1)N1N=C(C(F)(F)F)CC1(O)c1ccc(Cl)cc1. The lowest BCUT2D eigenvalue weighted by Crippen LogP contribution is -2.44. The largest absolute Gasteiger partial charge is 0.431 e. The number of rotatable bonds is 3. The molecule has 1 unspecified atom stereocenters. The van der Waals surface area contributed by atoms with Crippen LogP contribution in [0.4, 0.5) is 13.2 Å². The van der Waals surface area contributed by atoms with Gasteiger partial charge in [0.25, 0.3) is 0 Å². The Bertz CT molecular complexity index is 838. The molecule has 3 rings (SSSR count). The molecule has 0 saturated carbocycles. The van der Waals surface area contributed by atoms with E-state index >= 15 is 0 Å². The molecule has 136 valence electrons. The van der Waals surface area contributed by atoms with Crippen LogP contribution in [0.25, 0.3) is 0 Å². The van der Waals surface area contributed by atoms with Crippen LogP contribution in [0.2, 0.25) is 5.02 Å². The first-order chi connectivity index (χ1) is 12.2. The van der Waals surface area contributed by atoms with E-state index in [-0.39, 0.29) is 12.0 Å². The lowest BCUT2D eigenvalue weighted by molar-refractivity contribution is -0.157. The molecule has 0 aliphatic carbocycles. The molecule has 0 aromatic heterocycles. The molecule has 8 heteroatoms. The number of amides is 1. The second-order valence-electron chi connectivity index (χ2n) is 5.91. The zero-order valence-corrected chi connectivity index (χ0v) is 14.1. The van der Waals surface area contributed by atoms with Crippen molar-refractivity contribution in [3.8, 4) is 0 Å². The minimum atomic E-state index is -4.75. The van der Waals surface area contributed by atoms with E-state index in [4.69, 9.17) is 11.6 Å². The van der Waals surface area contributed by atoms with Crippen LogP contribution < -0.4 is 0 Å². The van der Waals surface area contributed by atoms with E-state index in [1.54, 1.807) is 30.3 Å². The molecule has 2 aromatic rings. The molecule has 0 fully saturated rings. The topological polar surface area (TPSA) is 52.9 Å². The Morgan fingerprint density at radius 1 is 1.15 bits per heavy atom. The summed E-state index contributed by atoms with van der Waals surface area (Å²) in [4.78, 5) is 12.6. The average Bonchev–Trinajstić information content (AvgIpc) is 2.95. The monoisotopic (exact) mass is 382 g/mol. The zero-order valence-electron chi connectivity index (χ0n) is 13.4. The maximum Gasteiger partial charge on any atom is 0.431 e. The fourth-order valence-corrected chi connectivity index (χ4v) is 2.88. The third-order valence-corrected chi connectivity index (χ3v) is 4.31. The number of aliphatic hydroxyl groups is 1. The van der Waals surface area contributed by atoms with Gasteiger partial charge in [-0.2, -0.15) is 23.3 Å². The van der Waals surface area contributed by atoms with Gasteiger partial charge in [0.15, 0.2) is 5.72 Å². The minimum Gasteiger partial charge on any atom is -0.365 e. The molecule has 0 saturated heterocycles. The molecule has 1 amide bonds. The molecule has 0 spiro atoms. The number of hydrogen-bond donors (Lipinski definition) is 1. The highest BCUT2D eigenvalue weighted by Crippen LogP contribution is 2.40. The maximum absolute atomic E-state index is 13.1. The third kappa shape index (κ3) is 3.59. The van der Waals surface area contributed by atoms with E-state index in [0.29, 0.717) is 15.6 Å². The van der Waals surface area contributed by atoms with Crippen LogP contribution in [0, 0.1) is 0 Å². The summed E-state index contributed by atoms with van der Waals surface area (Å²) in [5, 5.41) is 15.2. The van der Waals surface area contributed by atoms with Crippen molar-refractivity contribution in [2.24, 2.45) is 5.10 Å². The highest BCUT2D eigenvalue weighted by molar-refractivity contribution is 6.30. The van der Waals surface area contributed by atoms with Crippen molar-refractivity contribution in [1.82, 2.24) is 5.01 Å². The molecule has 26 heavy (non-hydrogen) atoms. The first-order valence-electron chi connectivity index (χ1n) is 7.70. The number of halogens is 4. The highest BCUT2D eigenvalue weighted by Gasteiger charge is 2.52. The quantitative estimate of drug-likeness (QED) is 0.876. The highest BCUT2D eigenvalue weighted by atomic mass is 35.5. The normalized spacial score (nSPS) is 20.2.